The van der Waals surface area contributed by atoms with Crippen LogP contribution >= 0.6 is 34.8 Å². The maximum atomic E-state index is 12.7. The molecule has 0 N–H and O–H groups in total. The molecular weight excluding hydrogens is 608 g/mol. The van der Waals surface area contributed by atoms with Gasteiger partial charge in [0.1, 0.15) is 0 Å². The third kappa shape index (κ3) is 6.03. The highest BCUT2D eigenvalue weighted by atomic mass is 35.5. The molecule has 5 nitrogen and oxygen atoms in total. The van der Waals surface area contributed by atoms with Crippen molar-refractivity contribution in [3.63, 3.8) is 0 Å². The van der Waals surface area contributed by atoms with E-state index in [0.29, 0.717) is 0 Å². The Labute approximate surface area is 197 Å². The molecule has 206 valence electrons. The van der Waals surface area contributed by atoms with Gasteiger partial charge in [-0.15, -0.1) is 0 Å². The largest absolute Gasteiger partial charge is 0.461 e. The van der Waals surface area contributed by atoms with Crippen LogP contribution in [0.15, 0.2) is 0 Å². The highest BCUT2D eigenvalue weighted by Gasteiger charge is 2.84. The Kier molecular flexibility index (Phi) is 10.9. The first-order valence-electron chi connectivity index (χ1n) is 7.48. The molecule has 35 heavy (non-hydrogen) atoms. The number of carbonyl (C=O) groups is 4. The zero-order chi connectivity index (χ0) is 29.2. The topological polar surface area (TPSA) is 77.5 Å². The Bertz CT molecular complexity index is 810. The summed E-state index contributed by atoms with van der Waals surface area (Å²) in [5.41, 5.74) is 0. The molecule has 22 heteroatoms. The lowest BCUT2D eigenvalue weighted by molar-refractivity contribution is -0.343. The Hall–Kier alpha value is -1.63. The van der Waals surface area contributed by atoms with Crippen LogP contribution in [-0.4, -0.2) is 69.8 Å². The summed E-state index contributed by atoms with van der Waals surface area (Å²) >= 11 is 11.9. The Morgan fingerprint density at radius 3 is 0.943 bits per heavy atom. The average molecular weight is 614 g/mol. The number of halogens is 17. The molecule has 0 bridgehead atoms. The summed E-state index contributed by atoms with van der Waals surface area (Å²) < 4.78 is 179. The van der Waals surface area contributed by atoms with Crippen molar-refractivity contribution in [3.05, 3.63) is 0 Å². The lowest BCUT2D eigenvalue weighted by atomic mass is 10.00. The van der Waals surface area contributed by atoms with Crippen molar-refractivity contribution >= 4 is 56.5 Å². The van der Waals surface area contributed by atoms with E-state index in [9.17, 15) is 80.6 Å². The summed E-state index contributed by atoms with van der Waals surface area (Å²) in [6, 6.07) is 0. The van der Waals surface area contributed by atoms with Crippen LogP contribution in [0.3, 0.4) is 0 Å². The molecule has 0 heterocycles. The van der Waals surface area contributed by atoms with Crippen molar-refractivity contribution < 1.29 is 85.4 Å². The maximum Gasteiger partial charge on any atom is 0.411 e. The van der Waals surface area contributed by atoms with Gasteiger partial charge in [-0.3, -0.25) is 14.4 Å². The fourth-order valence-electron chi connectivity index (χ4n) is 1.31. The van der Waals surface area contributed by atoms with Crippen molar-refractivity contribution in [1.29, 1.82) is 0 Å². The van der Waals surface area contributed by atoms with Crippen LogP contribution in [0.1, 0.15) is 6.92 Å². The van der Waals surface area contributed by atoms with Crippen LogP contribution in [-0.2, 0) is 23.9 Å². The second kappa shape index (κ2) is 10.8. The molecule has 0 aromatic carbocycles. The van der Waals surface area contributed by atoms with Crippen molar-refractivity contribution in [1.82, 2.24) is 0 Å². The van der Waals surface area contributed by atoms with E-state index in [1.165, 1.54) is 0 Å². The van der Waals surface area contributed by atoms with Gasteiger partial charge in [-0.05, 0) is 41.7 Å². The third-order valence-electron chi connectivity index (χ3n) is 3.24. The molecular formula is C13H5Cl3F14O5. The van der Waals surface area contributed by atoms with E-state index in [1.54, 1.807) is 0 Å². The number of hydrogen-bond donors (Lipinski definition) is 0. The minimum Gasteiger partial charge on any atom is -0.461 e. The van der Waals surface area contributed by atoms with Gasteiger partial charge in [0.25, 0.3) is 15.7 Å². The van der Waals surface area contributed by atoms with Gasteiger partial charge >= 0.3 is 47.4 Å². The fraction of sp³-hybridized carbons (Fsp3) is 0.692. The first-order chi connectivity index (χ1) is 15.1. The standard InChI is InChI=1S/C7H5ClF6O3.C6Cl2F8O2/c1-2-17-4(16)6(11,12)7(13,14)5(9,10)3(8)15;7-1(17)3(9,10)5(13,14)6(15,16)4(11,12)2(8)18/h2H2,1H3;. The Morgan fingerprint density at radius 1 is 0.514 bits per heavy atom. The molecule has 0 saturated heterocycles. The summed E-state index contributed by atoms with van der Waals surface area (Å²) in [6.45, 7) is 0.266. The SMILES string of the molecule is CCOC(=O)C(F)(F)C(F)(F)C(F)(F)C(=O)Cl.O=C(Cl)C(F)(F)C(F)(F)C(F)(F)C(F)(F)C(=O)Cl. The molecule has 0 radical (unpaired) electrons. The van der Waals surface area contributed by atoms with Gasteiger partial charge in [-0.2, -0.15) is 61.5 Å². The first kappa shape index (κ1) is 35.5. The van der Waals surface area contributed by atoms with Gasteiger partial charge in [0.15, 0.2) is 0 Å². The van der Waals surface area contributed by atoms with Gasteiger partial charge in [0, 0.05) is 0 Å². The molecule has 0 aliphatic rings. The van der Waals surface area contributed by atoms with Crippen molar-refractivity contribution in [3.8, 4) is 0 Å². The van der Waals surface area contributed by atoms with Crippen molar-refractivity contribution in [2.24, 2.45) is 0 Å². The van der Waals surface area contributed by atoms with Gasteiger partial charge in [0.05, 0.1) is 6.61 Å². The smallest absolute Gasteiger partial charge is 0.411 e. The first-order valence-corrected chi connectivity index (χ1v) is 8.61. The summed E-state index contributed by atoms with van der Waals surface area (Å²) in [7, 11) is 0. The predicted octanol–water partition coefficient (Wildman–Crippen LogP) is 5.28. The monoisotopic (exact) mass is 612 g/mol. The molecule has 0 spiro atoms. The van der Waals surface area contributed by atoms with Crippen LogP contribution in [0.2, 0.25) is 0 Å². The van der Waals surface area contributed by atoms with Crippen LogP contribution in [0.25, 0.3) is 0 Å². The summed E-state index contributed by atoms with van der Waals surface area (Å²) in [6.07, 6.45) is 0. The van der Waals surface area contributed by atoms with E-state index in [0.717, 1.165) is 6.92 Å². The molecule has 0 atom stereocenters. The summed E-state index contributed by atoms with van der Waals surface area (Å²) in [5.74, 6) is -47.4. The average Bonchev–Trinajstić information content (AvgIpc) is 2.67. The number of carbonyl (C=O) groups excluding carboxylic acids is 4. The minimum atomic E-state index is -6.92. The molecule has 0 saturated carbocycles. The highest BCUT2D eigenvalue weighted by molar-refractivity contribution is 6.66. The Balaban J connectivity index is 0. The summed E-state index contributed by atoms with van der Waals surface area (Å²) in [5, 5.41) is -9.61. The summed E-state index contributed by atoms with van der Waals surface area (Å²) in [4.78, 5) is 40.2. The van der Waals surface area contributed by atoms with Crippen molar-refractivity contribution in [2.45, 2.75) is 48.4 Å². The van der Waals surface area contributed by atoms with Gasteiger partial charge in [-0.25, -0.2) is 4.79 Å². The predicted molar refractivity (Wildman–Crippen MR) is 83.8 cm³/mol. The van der Waals surface area contributed by atoms with Crippen LogP contribution in [0, 0.1) is 0 Å². The molecule has 0 aromatic heterocycles. The Morgan fingerprint density at radius 2 is 0.743 bits per heavy atom. The number of hydrogen-bond acceptors (Lipinski definition) is 5. The maximum absolute atomic E-state index is 12.7. The van der Waals surface area contributed by atoms with E-state index in [-0.39, 0.29) is 0 Å². The molecule has 0 fully saturated rings. The van der Waals surface area contributed by atoms with E-state index in [2.05, 4.69) is 39.5 Å². The van der Waals surface area contributed by atoms with Crippen LogP contribution < -0.4 is 0 Å². The number of ether oxygens (including phenoxy) is 1. The fourth-order valence-corrected chi connectivity index (χ4v) is 1.67. The lowest BCUT2D eigenvalue weighted by Gasteiger charge is -2.33. The van der Waals surface area contributed by atoms with E-state index in [4.69, 9.17) is 0 Å². The second-order valence-corrected chi connectivity index (χ2v) is 6.59. The van der Waals surface area contributed by atoms with Crippen LogP contribution in [0.4, 0.5) is 61.5 Å². The number of esters is 1. The minimum absolute atomic E-state index is 0.731. The lowest BCUT2D eigenvalue weighted by Crippen LogP contribution is -2.65. The van der Waals surface area contributed by atoms with E-state index in [1.807, 2.05) is 0 Å². The van der Waals surface area contributed by atoms with Crippen LogP contribution in [0.5, 0.6) is 0 Å². The van der Waals surface area contributed by atoms with E-state index >= 15 is 0 Å². The van der Waals surface area contributed by atoms with Gasteiger partial charge < -0.3 is 4.74 Å². The molecule has 0 aliphatic heterocycles. The number of rotatable bonds is 10. The van der Waals surface area contributed by atoms with E-state index < -0.39 is 69.8 Å². The molecule has 0 aliphatic carbocycles. The molecule has 0 unspecified atom stereocenters. The highest BCUT2D eigenvalue weighted by Crippen LogP contribution is 2.53. The van der Waals surface area contributed by atoms with Gasteiger partial charge in [-0.1, -0.05) is 0 Å². The quantitative estimate of drug-likeness (QED) is 0.191. The zero-order valence-electron chi connectivity index (χ0n) is 15.7. The van der Waals surface area contributed by atoms with Crippen molar-refractivity contribution in [2.75, 3.05) is 6.61 Å². The second-order valence-electron chi connectivity index (χ2n) is 5.56. The third-order valence-corrected chi connectivity index (χ3v) is 3.96. The zero-order valence-corrected chi connectivity index (χ0v) is 17.9. The van der Waals surface area contributed by atoms with Gasteiger partial charge in [0.2, 0.25) is 0 Å². The number of alkyl halides is 14. The molecule has 0 rings (SSSR count). The normalized spacial score (nSPS) is 14.0. The molecule has 0 aromatic rings. The molecule has 0 amide bonds.